The van der Waals surface area contributed by atoms with Gasteiger partial charge in [-0.2, -0.15) is 5.10 Å². The number of nitro benzene ring substituents is 1. The number of nitrogens with zero attached hydrogens (tertiary/aromatic N) is 3. The van der Waals surface area contributed by atoms with E-state index in [1.807, 2.05) is 29.9 Å². The maximum Gasteiger partial charge on any atom is 0.270 e. The Bertz CT molecular complexity index is 734. The van der Waals surface area contributed by atoms with Crippen LogP contribution in [0, 0.1) is 10.1 Å². The Balaban J connectivity index is 2.03. The number of hydrazone groups is 1. The Labute approximate surface area is 127 Å². The number of aromatic nitrogens is 1. The lowest BCUT2D eigenvalue weighted by Crippen LogP contribution is -2.22. The van der Waals surface area contributed by atoms with Gasteiger partial charge in [0.25, 0.3) is 5.69 Å². The number of carbonyl (C=O) groups is 1. The molecule has 0 bridgehead atoms. The van der Waals surface area contributed by atoms with E-state index < -0.39 is 4.92 Å². The van der Waals surface area contributed by atoms with Gasteiger partial charge in [-0.25, -0.2) is 5.43 Å². The van der Waals surface area contributed by atoms with Crippen molar-refractivity contribution in [3.05, 3.63) is 64.0 Å². The van der Waals surface area contributed by atoms with E-state index >= 15 is 0 Å². The normalized spacial score (nSPS) is 11.3. The summed E-state index contributed by atoms with van der Waals surface area (Å²) in [7, 11) is 1.86. The van der Waals surface area contributed by atoms with Crippen molar-refractivity contribution in [1.82, 2.24) is 9.99 Å². The molecule has 7 heteroatoms. The van der Waals surface area contributed by atoms with Crippen molar-refractivity contribution in [3.63, 3.8) is 0 Å². The number of rotatable bonds is 5. The van der Waals surface area contributed by atoms with Crippen LogP contribution in [0.2, 0.25) is 0 Å². The molecule has 2 rings (SSSR count). The number of non-ortho nitro benzene ring substituents is 1. The number of hydrogen-bond acceptors (Lipinski definition) is 4. The van der Waals surface area contributed by atoms with Crippen molar-refractivity contribution in [2.75, 3.05) is 0 Å². The van der Waals surface area contributed by atoms with Gasteiger partial charge in [-0.3, -0.25) is 14.9 Å². The molecule has 0 aliphatic carbocycles. The zero-order chi connectivity index (χ0) is 16.1. The molecular weight excluding hydrogens is 284 g/mol. The van der Waals surface area contributed by atoms with Crippen molar-refractivity contribution in [3.8, 4) is 0 Å². The van der Waals surface area contributed by atoms with Crippen LogP contribution in [0.1, 0.15) is 18.2 Å². The standard InChI is InChI=1S/C15H16N4O3/c1-11(12-5-3-6-14(9-12)19(21)22)16-17-15(20)10-13-7-4-8-18(13)2/h3-9H,10H2,1-2H3,(H,17,20)/b16-11-. The molecule has 1 aromatic carbocycles. The van der Waals surface area contributed by atoms with E-state index in [9.17, 15) is 14.9 Å². The summed E-state index contributed by atoms with van der Waals surface area (Å²) >= 11 is 0. The summed E-state index contributed by atoms with van der Waals surface area (Å²) in [6, 6.07) is 9.83. The van der Waals surface area contributed by atoms with Crippen molar-refractivity contribution in [2.45, 2.75) is 13.3 Å². The third-order valence-electron chi connectivity index (χ3n) is 3.22. The van der Waals surface area contributed by atoms with Crippen LogP contribution in [0.3, 0.4) is 0 Å². The third-order valence-corrected chi connectivity index (χ3v) is 3.22. The smallest absolute Gasteiger partial charge is 0.270 e. The first-order valence-corrected chi connectivity index (χ1v) is 6.65. The topological polar surface area (TPSA) is 89.5 Å². The summed E-state index contributed by atoms with van der Waals surface area (Å²) in [5, 5.41) is 14.7. The molecule has 7 nitrogen and oxygen atoms in total. The zero-order valence-electron chi connectivity index (χ0n) is 12.3. The molecule has 0 saturated heterocycles. The van der Waals surface area contributed by atoms with Crippen LogP contribution in [0.15, 0.2) is 47.7 Å². The average Bonchev–Trinajstić information content (AvgIpc) is 2.90. The van der Waals surface area contributed by atoms with Crippen molar-refractivity contribution in [2.24, 2.45) is 12.1 Å². The second kappa shape index (κ2) is 6.66. The van der Waals surface area contributed by atoms with Crippen LogP contribution < -0.4 is 5.43 Å². The van der Waals surface area contributed by atoms with E-state index in [2.05, 4.69) is 10.5 Å². The summed E-state index contributed by atoms with van der Waals surface area (Å²) in [6.45, 7) is 1.68. The monoisotopic (exact) mass is 300 g/mol. The number of aryl methyl sites for hydroxylation is 1. The van der Waals surface area contributed by atoms with E-state index in [0.29, 0.717) is 11.3 Å². The molecule has 0 radical (unpaired) electrons. The van der Waals surface area contributed by atoms with E-state index in [0.717, 1.165) is 5.69 Å². The first-order chi connectivity index (χ1) is 10.5. The summed E-state index contributed by atoms with van der Waals surface area (Å²) < 4.78 is 1.86. The largest absolute Gasteiger partial charge is 0.354 e. The van der Waals surface area contributed by atoms with Crippen LogP contribution in [0.4, 0.5) is 5.69 Å². The van der Waals surface area contributed by atoms with Gasteiger partial charge in [0.2, 0.25) is 5.91 Å². The highest BCUT2D eigenvalue weighted by atomic mass is 16.6. The minimum Gasteiger partial charge on any atom is -0.354 e. The minimum absolute atomic E-state index is 0.0119. The predicted octanol–water partition coefficient (Wildman–Crippen LogP) is 2.02. The first-order valence-electron chi connectivity index (χ1n) is 6.65. The number of nitro groups is 1. The van der Waals surface area contributed by atoms with Crippen LogP contribution in [-0.4, -0.2) is 21.1 Å². The highest BCUT2D eigenvalue weighted by molar-refractivity contribution is 5.99. The molecule has 1 heterocycles. The molecule has 1 N–H and O–H groups in total. The predicted molar refractivity (Wildman–Crippen MR) is 82.6 cm³/mol. The molecule has 0 atom stereocenters. The maximum atomic E-state index is 11.8. The maximum absolute atomic E-state index is 11.8. The minimum atomic E-state index is -0.467. The summed E-state index contributed by atoms with van der Waals surface area (Å²) in [4.78, 5) is 22.1. The number of hydrogen-bond donors (Lipinski definition) is 1. The van der Waals surface area contributed by atoms with E-state index in [1.54, 1.807) is 19.1 Å². The van der Waals surface area contributed by atoms with Gasteiger partial charge in [-0.05, 0) is 19.1 Å². The van der Waals surface area contributed by atoms with Gasteiger partial charge in [0.15, 0.2) is 0 Å². The Morgan fingerprint density at radius 1 is 1.36 bits per heavy atom. The molecule has 0 fully saturated rings. The quantitative estimate of drug-likeness (QED) is 0.520. The SMILES string of the molecule is C/C(=N/NC(=O)Cc1cccn1C)c1cccc([N+](=O)[O-])c1. The van der Waals surface area contributed by atoms with Crippen LogP contribution in [-0.2, 0) is 18.3 Å². The van der Waals surface area contributed by atoms with Crippen molar-refractivity contribution < 1.29 is 9.72 Å². The van der Waals surface area contributed by atoms with E-state index in [4.69, 9.17) is 0 Å². The fourth-order valence-corrected chi connectivity index (χ4v) is 1.94. The Hall–Kier alpha value is -2.96. The first kappa shape index (κ1) is 15.4. The van der Waals surface area contributed by atoms with E-state index in [-0.39, 0.29) is 18.0 Å². The molecule has 114 valence electrons. The van der Waals surface area contributed by atoms with Gasteiger partial charge in [0.05, 0.1) is 17.1 Å². The molecule has 0 aliphatic heterocycles. The molecule has 1 aromatic heterocycles. The Kier molecular flexibility index (Phi) is 4.67. The number of carbonyl (C=O) groups excluding carboxylic acids is 1. The molecule has 2 aromatic rings. The molecular formula is C15H16N4O3. The zero-order valence-corrected chi connectivity index (χ0v) is 12.3. The van der Waals surface area contributed by atoms with Crippen molar-refractivity contribution >= 4 is 17.3 Å². The van der Waals surface area contributed by atoms with Gasteiger partial charge in [-0.15, -0.1) is 0 Å². The fourth-order valence-electron chi connectivity index (χ4n) is 1.94. The number of benzene rings is 1. The van der Waals surface area contributed by atoms with Gasteiger partial charge in [0.1, 0.15) is 0 Å². The summed E-state index contributed by atoms with van der Waals surface area (Å²) in [5.41, 5.74) is 4.42. The van der Waals surface area contributed by atoms with Crippen molar-refractivity contribution in [1.29, 1.82) is 0 Å². The molecule has 1 amide bonds. The highest BCUT2D eigenvalue weighted by Gasteiger charge is 2.08. The highest BCUT2D eigenvalue weighted by Crippen LogP contribution is 2.13. The van der Waals surface area contributed by atoms with Crippen LogP contribution >= 0.6 is 0 Å². The third kappa shape index (κ3) is 3.78. The summed E-state index contributed by atoms with van der Waals surface area (Å²) in [5.74, 6) is -0.244. The van der Waals surface area contributed by atoms with Crippen LogP contribution in [0.25, 0.3) is 0 Å². The number of nitrogens with one attached hydrogen (secondary N) is 1. The number of amides is 1. The van der Waals surface area contributed by atoms with E-state index in [1.165, 1.54) is 12.1 Å². The van der Waals surface area contributed by atoms with Crippen LogP contribution in [0.5, 0.6) is 0 Å². The second-order valence-electron chi connectivity index (χ2n) is 4.83. The molecule has 0 spiro atoms. The average molecular weight is 300 g/mol. The van der Waals surface area contributed by atoms with Gasteiger partial charge < -0.3 is 4.57 Å². The molecule has 0 saturated carbocycles. The van der Waals surface area contributed by atoms with Gasteiger partial charge in [0, 0.05) is 36.6 Å². The lowest BCUT2D eigenvalue weighted by molar-refractivity contribution is -0.384. The van der Waals surface area contributed by atoms with Gasteiger partial charge in [-0.1, -0.05) is 12.1 Å². The van der Waals surface area contributed by atoms with Gasteiger partial charge >= 0.3 is 0 Å². The molecule has 0 aliphatic rings. The Morgan fingerprint density at radius 3 is 2.77 bits per heavy atom. The lowest BCUT2D eigenvalue weighted by Gasteiger charge is -2.04. The Morgan fingerprint density at radius 2 is 2.14 bits per heavy atom. The molecule has 22 heavy (non-hydrogen) atoms. The molecule has 0 unspecified atom stereocenters. The fraction of sp³-hybridized carbons (Fsp3) is 0.200. The lowest BCUT2D eigenvalue weighted by atomic mass is 10.1. The second-order valence-corrected chi connectivity index (χ2v) is 4.83. The summed E-state index contributed by atoms with van der Waals surface area (Å²) in [6.07, 6.45) is 2.08.